The molecule has 17 heavy (non-hydrogen) atoms. The van der Waals surface area contributed by atoms with E-state index in [0.29, 0.717) is 0 Å². The van der Waals surface area contributed by atoms with E-state index in [-0.39, 0.29) is 11.7 Å². The van der Waals surface area contributed by atoms with Gasteiger partial charge in [0, 0.05) is 19.1 Å². The Morgan fingerprint density at radius 3 is 2.65 bits per heavy atom. The van der Waals surface area contributed by atoms with Crippen LogP contribution >= 0.6 is 0 Å². The number of ether oxygens (including phenoxy) is 1. The second kappa shape index (κ2) is 5.09. The zero-order valence-corrected chi connectivity index (χ0v) is 9.80. The van der Waals surface area contributed by atoms with Crippen molar-refractivity contribution >= 4 is 11.8 Å². The Morgan fingerprint density at radius 1 is 1.41 bits per heavy atom. The van der Waals surface area contributed by atoms with Crippen LogP contribution in [0.5, 0.6) is 0 Å². The van der Waals surface area contributed by atoms with E-state index >= 15 is 0 Å². The molecule has 1 fully saturated rings. The second-order valence-electron chi connectivity index (χ2n) is 4.08. The highest BCUT2D eigenvalue weighted by atomic mass is 16.5. The van der Waals surface area contributed by atoms with Gasteiger partial charge in [-0.1, -0.05) is 0 Å². The molecule has 2 rings (SSSR count). The Kier molecular flexibility index (Phi) is 3.53. The highest BCUT2D eigenvalue weighted by Gasteiger charge is 2.18. The Balaban J connectivity index is 2.05. The molecule has 0 amide bonds. The predicted octanol–water partition coefficient (Wildman–Crippen LogP) is 0.191. The van der Waals surface area contributed by atoms with Gasteiger partial charge in [-0.2, -0.15) is 0 Å². The number of anilines is 1. The number of methoxy groups -OCH3 is 1. The monoisotopic (exact) mass is 236 g/mol. The van der Waals surface area contributed by atoms with Crippen molar-refractivity contribution in [3.05, 3.63) is 18.1 Å². The molecule has 0 bridgehead atoms. The van der Waals surface area contributed by atoms with E-state index in [1.807, 2.05) is 0 Å². The molecule has 1 aromatic heterocycles. The summed E-state index contributed by atoms with van der Waals surface area (Å²) >= 11 is 0. The Bertz CT molecular complexity index is 385. The first-order chi connectivity index (χ1) is 8.20. The van der Waals surface area contributed by atoms with Crippen molar-refractivity contribution in [2.45, 2.75) is 18.9 Å². The van der Waals surface area contributed by atoms with Crippen LogP contribution in [0.2, 0.25) is 0 Å². The van der Waals surface area contributed by atoms with Crippen molar-refractivity contribution < 1.29 is 9.53 Å². The van der Waals surface area contributed by atoms with Crippen molar-refractivity contribution in [1.82, 2.24) is 9.97 Å². The van der Waals surface area contributed by atoms with Crippen LogP contribution in [-0.2, 0) is 4.74 Å². The van der Waals surface area contributed by atoms with Crippen LogP contribution in [0, 0.1) is 0 Å². The minimum atomic E-state index is -0.468. The summed E-state index contributed by atoms with van der Waals surface area (Å²) in [7, 11) is 1.32. The first-order valence-electron chi connectivity index (χ1n) is 5.61. The van der Waals surface area contributed by atoms with E-state index in [4.69, 9.17) is 5.73 Å². The van der Waals surface area contributed by atoms with Crippen LogP contribution in [0.15, 0.2) is 12.4 Å². The molecule has 0 aliphatic carbocycles. The molecule has 2 N–H and O–H groups in total. The van der Waals surface area contributed by atoms with Gasteiger partial charge in [0.05, 0.1) is 19.5 Å². The minimum Gasteiger partial charge on any atom is -0.464 e. The summed E-state index contributed by atoms with van der Waals surface area (Å²) in [5, 5.41) is 0. The fraction of sp³-hybridized carbons (Fsp3) is 0.545. The zero-order valence-electron chi connectivity index (χ0n) is 9.80. The summed E-state index contributed by atoms with van der Waals surface area (Å²) in [6.07, 6.45) is 4.96. The molecular weight excluding hydrogens is 220 g/mol. The van der Waals surface area contributed by atoms with Crippen LogP contribution in [-0.4, -0.2) is 42.2 Å². The average Bonchev–Trinajstić information content (AvgIpc) is 2.39. The van der Waals surface area contributed by atoms with E-state index in [1.165, 1.54) is 13.3 Å². The maximum atomic E-state index is 11.2. The van der Waals surface area contributed by atoms with Crippen molar-refractivity contribution in [3.63, 3.8) is 0 Å². The third-order valence-corrected chi connectivity index (χ3v) is 2.90. The molecule has 1 aliphatic rings. The lowest BCUT2D eigenvalue weighted by atomic mass is 10.1. The molecular formula is C11H16N4O2. The first kappa shape index (κ1) is 11.8. The standard InChI is InChI=1S/C11H16N4O2/c1-17-11(16)9-6-14-10(7-13-9)15-4-2-8(12)3-5-15/h6-8H,2-5,12H2,1H3. The van der Waals surface area contributed by atoms with Gasteiger partial charge in [-0.3, -0.25) is 0 Å². The normalized spacial score (nSPS) is 16.9. The number of nitrogens with two attached hydrogens (primary N) is 1. The summed E-state index contributed by atoms with van der Waals surface area (Å²) in [6, 6.07) is 0.286. The molecule has 6 heteroatoms. The average molecular weight is 236 g/mol. The molecule has 0 aromatic carbocycles. The summed E-state index contributed by atoms with van der Waals surface area (Å²) in [6.45, 7) is 1.76. The molecule has 1 saturated heterocycles. The zero-order chi connectivity index (χ0) is 12.3. The number of rotatable bonds is 2. The number of piperidine rings is 1. The topological polar surface area (TPSA) is 81.3 Å². The SMILES string of the molecule is COC(=O)c1cnc(N2CCC(N)CC2)cn1. The lowest BCUT2D eigenvalue weighted by Crippen LogP contribution is -2.40. The van der Waals surface area contributed by atoms with E-state index in [2.05, 4.69) is 19.6 Å². The molecule has 1 aromatic rings. The Labute approximate surface area is 99.8 Å². The smallest absolute Gasteiger partial charge is 0.358 e. The van der Waals surface area contributed by atoms with Crippen LogP contribution in [0.25, 0.3) is 0 Å². The van der Waals surface area contributed by atoms with Crippen molar-refractivity contribution in [1.29, 1.82) is 0 Å². The lowest BCUT2D eigenvalue weighted by molar-refractivity contribution is 0.0593. The number of nitrogens with zero attached hydrogens (tertiary/aromatic N) is 3. The molecule has 0 unspecified atom stereocenters. The van der Waals surface area contributed by atoms with Gasteiger partial charge in [-0.05, 0) is 12.8 Å². The van der Waals surface area contributed by atoms with Gasteiger partial charge in [-0.25, -0.2) is 14.8 Å². The number of carbonyl (C=O) groups is 1. The Hall–Kier alpha value is -1.69. The second-order valence-corrected chi connectivity index (χ2v) is 4.08. The van der Waals surface area contributed by atoms with Gasteiger partial charge in [0.1, 0.15) is 5.82 Å². The van der Waals surface area contributed by atoms with E-state index < -0.39 is 5.97 Å². The summed E-state index contributed by atoms with van der Waals surface area (Å²) in [4.78, 5) is 21.6. The lowest BCUT2D eigenvalue weighted by Gasteiger charge is -2.30. The van der Waals surface area contributed by atoms with Gasteiger partial charge in [0.2, 0.25) is 0 Å². The minimum absolute atomic E-state index is 0.227. The van der Waals surface area contributed by atoms with Crippen molar-refractivity contribution in [2.75, 3.05) is 25.1 Å². The molecule has 0 spiro atoms. The van der Waals surface area contributed by atoms with Gasteiger partial charge in [-0.15, -0.1) is 0 Å². The van der Waals surface area contributed by atoms with Gasteiger partial charge >= 0.3 is 5.97 Å². The maximum absolute atomic E-state index is 11.2. The Morgan fingerprint density at radius 2 is 2.12 bits per heavy atom. The van der Waals surface area contributed by atoms with E-state index in [9.17, 15) is 4.79 Å². The molecule has 6 nitrogen and oxygen atoms in total. The van der Waals surface area contributed by atoms with Crippen LogP contribution in [0.1, 0.15) is 23.3 Å². The molecule has 2 heterocycles. The summed E-state index contributed by atoms with van der Waals surface area (Å²) < 4.78 is 4.56. The highest BCUT2D eigenvalue weighted by molar-refractivity contribution is 5.86. The number of aromatic nitrogens is 2. The molecule has 92 valence electrons. The van der Waals surface area contributed by atoms with Crippen molar-refractivity contribution in [3.8, 4) is 0 Å². The number of carbonyl (C=O) groups excluding carboxylic acids is 1. The number of esters is 1. The fourth-order valence-electron chi connectivity index (χ4n) is 1.82. The molecule has 0 saturated carbocycles. The highest BCUT2D eigenvalue weighted by Crippen LogP contribution is 2.15. The van der Waals surface area contributed by atoms with Gasteiger partial charge < -0.3 is 15.4 Å². The van der Waals surface area contributed by atoms with Crippen molar-refractivity contribution in [2.24, 2.45) is 5.73 Å². The molecule has 0 radical (unpaired) electrons. The van der Waals surface area contributed by atoms with Crippen LogP contribution in [0.4, 0.5) is 5.82 Å². The van der Waals surface area contributed by atoms with Crippen LogP contribution in [0.3, 0.4) is 0 Å². The third-order valence-electron chi connectivity index (χ3n) is 2.90. The quantitative estimate of drug-likeness (QED) is 0.738. The molecule has 0 atom stereocenters. The van der Waals surface area contributed by atoms with Gasteiger partial charge in [0.15, 0.2) is 5.69 Å². The third kappa shape index (κ3) is 2.71. The van der Waals surface area contributed by atoms with Crippen LogP contribution < -0.4 is 10.6 Å². The largest absolute Gasteiger partial charge is 0.464 e. The van der Waals surface area contributed by atoms with E-state index in [1.54, 1.807) is 6.20 Å². The predicted molar refractivity (Wildman–Crippen MR) is 62.8 cm³/mol. The molecule has 1 aliphatic heterocycles. The summed E-state index contributed by atoms with van der Waals surface area (Å²) in [5.74, 6) is 0.314. The maximum Gasteiger partial charge on any atom is 0.358 e. The number of hydrogen-bond donors (Lipinski definition) is 1. The first-order valence-corrected chi connectivity index (χ1v) is 5.61. The van der Waals surface area contributed by atoms with E-state index in [0.717, 1.165) is 31.7 Å². The summed E-state index contributed by atoms with van der Waals surface area (Å²) in [5.41, 5.74) is 6.06. The fourth-order valence-corrected chi connectivity index (χ4v) is 1.82. The van der Waals surface area contributed by atoms with Gasteiger partial charge in [0.25, 0.3) is 0 Å². The number of hydrogen-bond acceptors (Lipinski definition) is 6.